The molecule has 1 fully saturated rings. The summed E-state index contributed by atoms with van der Waals surface area (Å²) in [6.07, 6.45) is 2.28. The first-order valence-corrected chi connectivity index (χ1v) is 10.3. The third kappa shape index (κ3) is 4.92. The zero-order valence-electron chi connectivity index (χ0n) is 15.0. The molecule has 1 aliphatic rings. The van der Waals surface area contributed by atoms with Crippen LogP contribution >= 0.6 is 0 Å². The molecule has 146 valence electrons. The van der Waals surface area contributed by atoms with Gasteiger partial charge in [-0.3, -0.25) is 4.72 Å². The van der Waals surface area contributed by atoms with Crippen LogP contribution in [0.3, 0.4) is 0 Å². The summed E-state index contributed by atoms with van der Waals surface area (Å²) in [4.78, 5) is 8.70. The first-order chi connectivity index (χ1) is 12.9. The van der Waals surface area contributed by atoms with E-state index >= 15 is 0 Å². The largest absolute Gasteiger partial charge is 0.355 e. The predicted octanol–water partition coefficient (Wildman–Crippen LogP) is 2.69. The van der Waals surface area contributed by atoms with Crippen LogP contribution in [0.1, 0.15) is 13.3 Å². The van der Waals surface area contributed by atoms with Crippen molar-refractivity contribution in [2.75, 3.05) is 42.3 Å². The highest BCUT2D eigenvalue weighted by atomic mass is 32.2. The van der Waals surface area contributed by atoms with Gasteiger partial charge in [0.15, 0.2) is 0 Å². The molecule has 0 atom stereocenters. The molecule has 0 radical (unpaired) electrons. The van der Waals surface area contributed by atoms with Crippen LogP contribution in [0.4, 0.5) is 20.3 Å². The fourth-order valence-corrected chi connectivity index (χ4v) is 4.05. The molecule has 0 bridgehead atoms. The second-order valence-corrected chi connectivity index (χ2v) is 8.07. The first kappa shape index (κ1) is 19.5. The van der Waals surface area contributed by atoms with Crippen LogP contribution in [-0.4, -0.2) is 51.0 Å². The molecule has 3 rings (SSSR count). The van der Waals surface area contributed by atoms with E-state index in [1.54, 1.807) is 6.07 Å². The SMILES string of the molecule is CCN1CCCN(c2ccc(S(=O)(=O)Nc3cc(F)cc(F)c3)cn2)CC1. The molecular formula is C18H22F2N4O2S. The van der Waals surface area contributed by atoms with Crippen LogP contribution in [-0.2, 0) is 10.0 Å². The Morgan fingerprint density at radius 2 is 1.81 bits per heavy atom. The van der Waals surface area contributed by atoms with Crippen molar-refractivity contribution in [2.24, 2.45) is 0 Å². The normalized spacial score (nSPS) is 16.2. The van der Waals surface area contributed by atoms with Crippen molar-refractivity contribution in [3.05, 3.63) is 48.2 Å². The summed E-state index contributed by atoms with van der Waals surface area (Å²) >= 11 is 0. The van der Waals surface area contributed by atoms with E-state index in [0.29, 0.717) is 11.9 Å². The van der Waals surface area contributed by atoms with Crippen LogP contribution in [0.5, 0.6) is 0 Å². The minimum atomic E-state index is -3.99. The van der Waals surface area contributed by atoms with E-state index in [2.05, 4.69) is 26.4 Å². The molecule has 0 spiro atoms. The highest BCUT2D eigenvalue weighted by Gasteiger charge is 2.18. The second kappa shape index (κ2) is 8.18. The average Bonchev–Trinajstić information content (AvgIpc) is 2.86. The Morgan fingerprint density at radius 1 is 1.07 bits per heavy atom. The molecule has 6 nitrogen and oxygen atoms in total. The highest BCUT2D eigenvalue weighted by molar-refractivity contribution is 7.92. The Bertz CT molecular complexity index is 870. The molecule has 1 saturated heterocycles. The van der Waals surface area contributed by atoms with Crippen LogP contribution in [0.2, 0.25) is 0 Å². The number of nitrogens with zero attached hydrogens (tertiary/aromatic N) is 3. The van der Waals surface area contributed by atoms with Gasteiger partial charge in [-0.2, -0.15) is 0 Å². The highest BCUT2D eigenvalue weighted by Crippen LogP contribution is 2.20. The van der Waals surface area contributed by atoms with Gasteiger partial charge in [0.2, 0.25) is 0 Å². The summed E-state index contributed by atoms with van der Waals surface area (Å²) in [7, 11) is -3.99. The van der Waals surface area contributed by atoms with E-state index in [-0.39, 0.29) is 10.6 Å². The van der Waals surface area contributed by atoms with Gasteiger partial charge in [0.05, 0.1) is 5.69 Å². The fourth-order valence-electron chi connectivity index (χ4n) is 3.06. The maximum atomic E-state index is 13.3. The molecule has 1 aromatic carbocycles. The molecule has 27 heavy (non-hydrogen) atoms. The summed E-state index contributed by atoms with van der Waals surface area (Å²) < 4.78 is 53.5. The minimum absolute atomic E-state index is 0.0686. The van der Waals surface area contributed by atoms with E-state index in [9.17, 15) is 17.2 Å². The smallest absolute Gasteiger partial charge is 0.263 e. The molecule has 1 N–H and O–H groups in total. The van der Waals surface area contributed by atoms with Gasteiger partial charge >= 0.3 is 0 Å². The molecular weight excluding hydrogens is 374 g/mol. The molecule has 0 saturated carbocycles. The lowest BCUT2D eigenvalue weighted by molar-refractivity contribution is 0.310. The van der Waals surface area contributed by atoms with Gasteiger partial charge in [0.1, 0.15) is 22.3 Å². The van der Waals surface area contributed by atoms with Crippen molar-refractivity contribution < 1.29 is 17.2 Å². The lowest BCUT2D eigenvalue weighted by atomic mass is 10.3. The summed E-state index contributed by atoms with van der Waals surface area (Å²) in [5.41, 5.74) is -0.177. The Hall–Kier alpha value is -2.26. The molecule has 0 unspecified atom stereocenters. The van der Waals surface area contributed by atoms with Gasteiger partial charge in [-0.15, -0.1) is 0 Å². The number of benzene rings is 1. The number of sulfonamides is 1. The van der Waals surface area contributed by atoms with E-state index in [1.165, 1.54) is 12.3 Å². The number of hydrogen-bond acceptors (Lipinski definition) is 5. The van der Waals surface area contributed by atoms with Gasteiger partial charge in [0.25, 0.3) is 10.0 Å². The van der Waals surface area contributed by atoms with Gasteiger partial charge in [-0.05, 0) is 43.8 Å². The van der Waals surface area contributed by atoms with Crippen molar-refractivity contribution in [3.63, 3.8) is 0 Å². The Labute approximate surface area is 157 Å². The van der Waals surface area contributed by atoms with Crippen molar-refractivity contribution in [1.82, 2.24) is 9.88 Å². The van der Waals surface area contributed by atoms with E-state index < -0.39 is 21.7 Å². The molecule has 1 aromatic heterocycles. The summed E-state index contributed by atoms with van der Waals surface area (Å²) in [6, 6.07) is 5.61. The number of anilines is 2. The topological polar surface area (TPSA) is 65.5 Å². The lowest BCUT2D eigenvalue weighted by Crippen LogP contribution is -2.31. The quantitative estimate of drug-likeness (QED) is 0.842. The zero-order chi connectivity index (χ0) is 19.4. The zero-order valence-corrected chi connectivity index (χ0v) is 15.8. The van der Waals surface area contributed by atoms with Gasteiger partial charge in [-0.25, -0.2) is 22.2 Å². The number of rotatable bonds is 5. The van der Waals surface area contributed by atoms with Crippen LogP contribution in [0, 0.1) is 11.6 Å². The van der Waals surface area contributed by atoms with Crippen molar-refractivity contribution >= 4 is 21.5 Å². The number of hydrogen-bond donors (Lipinski definition) is 1. The predicted molar refractivity (Wildman–Crippen MR) is 100 cm³/mol. The Morgan fingerprint density at radius 3 is 2.44 bits per heavy atom. The molecule has 0 aliphatic carbocycles. The third-order valence-electron chi connectivity index (χ3n) is 4.51. The molecule has 0 amide bonds. The van der Waals surface area contributed by atoms with Gasteiger partial charge in [-0.1, -0.05) is 6.92 Å². The number of likely N-dealkylation sites (N-methyl/N-ethyl adjacent to an activating group) is 1. The maximum absolute atomic E-state index is 13.3. The number of pyridine rings is 1. The number of halogens is 2. The fraction of sp³-hybridized carbons (Fsp3) is 0.389. The number of aromatic nitrogens is 1. The Balaban J connectivity index is 1.74. The summed E-state index contributed by atoms with van der Waals surface area (Å²) in [6.45, 7) is 6.79. The second-order valence-electron chi connectivity index (χ2n) is 6.39. The lowest BCUT2D eigenvalue weighted by Gasteiger charge is -2.22. The summed E-state index contributed by atoms with van der Waals surface area (Å²) in [5.74, 6) is -1.00. The molecule has 9 heteroatoms. The first-order valence-electron chi connectivity index (χ1n) is 8.79. The van der Waals surface area contributed by atoms with E-state index in [0.717, 1.165) is 51.3 Å². The molecule has 1 aliphatic heterocycles. The van der Waals surface area contributed by atoms with Gasteiger partial charge in [0, 0.05) is 31.9 Å². The van der Waals surface area contributed by atoms with Crippen molar-refractivity contribution in [3.8, 4) is 0 Å². The minimum Gasteiger partial charge on any atom is -0.355 e. The van der Waals surface area contributed by atoms with Gasteiger partial charge < -0.3 is 9.80 Å². The van der Waals surface area contributed by atoms with Crippen molar-refractivity contribution in [2.45, 2.75) is 18.2 Å². The van der Waals surface area contributed by atoms with Crippen LogP contribution < -0.4 is 9.62 Å². The standard InChI is InChI=1S/C18H22F2N4O2S/c1-2-23-6-3-7-24(9-8-23)18-5-4-17(13-21-18)27(25,26)22-16-11-14(19)10-15(20)12-16/h4-5,10-13,22H,2-3,6-9H2,1H3. The van der Waals surface area contributed by atoms with E-state index in [4.69, 9.17) is 0 Å². The molecule has 2 heterocycles. The monoisotopic (exact) mass is 396 g/mol. The van der Waals surface area contributed by atoms with Crippen LogP contribution in [0.15, 0.2) is 41.4 Å². The average molecular weight is 396 g/mol. The van der Waals surface area contributed by atoms with E-state index in [1.807, 2.05) is 0 Å². The summed E-state index contributed by atoms with van der Waals surface area (Å²) in [5, 5.41) is 0. The molecule has 2 aromatic rings. The Kier molecular flexibility index (Phi) is 5.91. The van der Waals surface area contributed by atoms with Crippen LogP contribution in [0.25, 0.3) is 0 Å². The maximum Gasteiger partial charge on any atom is 0.263 e. The van der Waals surface area contributed by atoms with Crippen molar-refractivity contribution in [1.29, 1.82) is 0 Å². The third-order valence-corrected chi connectivity index (χ3v) is 5.87. The number of nitrogens with one attached hydrogen (secondary N) is 1.